The quantitative estimate of drug-likeness (QED) is 0.912. The van der Waals surface area contributed by atoms with Gasteiger partial charge in [-0.15, -0.1) is 0 Å². The lowest BCUT2D eigenvalue weighted by atomic mass is 9.79. The minimum absolute atomic E-state index is 0.0167. The number of aromatic nitrogens is 1. The molecule has 1 aliphatic carbocycles. The van der Waals surface area contributed by atoms with Gasteiger partial charge >= 0.3 is 0 Å². The fraction of sp³-hybridized carbons (Fsp3) is 0.632. The number of amides is 2. The van der Waals surface area contributed by atoms with E-state index in [0.717, 1.165) is 45.4 Å². The minimum Gasteiger partial charge on any atom is -0.338 e. The number of pyridine rings is 1. The van der Waals surface area contributed by atoms with Crippen molar-refractivity contribution in [1.82, 2.24) is 14.8 Å². The van der Waals surface area contributed by atoms with Crippen LogP contribution in [0, 0.1) is 11.3 Å². The largest absolute Gasteiger partial charge is 0.338 e. The van der Waals surface area contributed by atoms with Gasteiger partial charge in [0.1, 0.15) is 5.82 Å². The van der Waals surface area contributed by atoms with Gasteiger partial charge in [-0.3, -0.25) is 9.59 Å². The van der Waals surface area contributed by atoms with Crippen LogP contribution in [0.5, 0.6) is 0 Å². The second kappa shape index (κ2) is 6.41. The van der Waals surface area contributed by atoms with Crippen LogP contribution >= 0.6 is 0 Å². The molecule has 3 fully saturated rings. The van der Waals surface area contributed by atoms with Crippen molar-refractivity contribution in [3.8, 4) is 0 Å². The molecule has 1 aromatic rings. The summed E-state index contributed by atoms with van der Waals surface area (Å²) in [6.45, 7) is 3.85. The molecule has 0 bridgehead atoms. The second-order valence-corrected chi connectivity index (χ2v) is 8.01. The number of nitrogens with one attached hydrogen (secondary N) is 1. The zero-order valence-electron chi connectivity index (χ0n) is 14.8. The second-order valence-electron chi connectivity index (χ2n) is 8.01. The molecule has 2 saturated heterocycles. The summed E-state index contributed by atoms with van der Waals surface area (Å²) in [5, 5.41) is 2.83. The van der Waals surface area contributed by atoms with Gasteiger partial charge < -0.3 is 15.1 Å². The first kappa shape index (κ1) is 16.5. The van der Waals surface area contributed by atoms with Crippen LogP contribution in [-0.2, 0) is 4.79 Å². The van der Waals surface area contributed by atoms with E-state index in [4.69, 9.17) is 0 Å². The number of nitrogens with zero attached hydrogens (tertiary/aromatic N) is 3. The van der Waals surface area contributed by atoms with E-state index in [9.17, 15) is 9.59 Å². The SMILES string of the molecule is CN1CCC2(CCCN(C(=O)c3ccnc(NC(=O)C4CC4)c3)C2)C1. The summed E-state index contributed by atoms with van der Waals surface area (Å²) >= 11 is 0. The number of carbonyl (C=O) groups is 2. The van der Waals surface area contributed by atoms with Gasteiger partial charge in [-0.25, -0.2) is 4.98 Å². The number of piperidine rings is 1. The third-order valence-electron chi connectivity index (χ3n) is 5.78. The Morgan fingerprint density at radius 1 is 1.24 bits per heavy atom. The van der Waals surface area contributed by atoms with Gasteiger partial charge in [0.15, 0.2) is 0 Å². The van der Waals surface area contributed by atoms with Crippen molar-refractivity contribution < 1.29 is 9.59 Å². The molecule has 4 rings (SSSR count). The first-order chi connectivity index (χ1) is 12.0. The van der Waals surface area contributed by atoms with Crippen molar-refractivity contribution in [2.75, 3.05) is 38.5 Å². The third kappa shape index (κ3) is 3.54. The maximum atomic E-state index is 13.0. The third-order valence-corrected chi connectivity index (χ3v) is 5.78. The van der Waals surface area contributed by atoms with Gasteiger partial charge in [-0.1, -0.05) is 0 Å². The molecule has 6 nitrogen and oxygen atoms in total. The van der Waals surface area contributed by atoms with Crippen molar-refractivity contribution in [2.45, 2.75) is 32.1 Å². The predicted octanol–water partition coefficient (Wildman–Crippen LogP) is 1.99. The standard InChI is InChI=1S/C19H26N4O2/c1-22-10-7-19(12-22)6-2-9-23(13-19)18(25)15-5-8-20-16(11-15)21-17(24)14-3-4-14/h5,8,11,14H,2-4,6-7,9-10,12-13H2,1H3,(H,20,21,24). The highest BCUT2D eigenvalue weighted by atomic mass is 16.2. The summed E-state index contributed by atoms with van der Waals surface area (Å²) in [7, 11) is 2.16. The van der Waals surface area contributed by atoms with E-state index < -0.39 is 0 Å². The molecule has 3 aliphatic rings. The highest BCUT2D eigenvalue weighted by Gasteiger charge is 2.41. The van der Waals surface area contributed by atoms with Crippen molar-refractivity contribution >= 4 is 17.6 Å². The molecular formula is C19H26N4O2. The number of hydrogen-bond donors (Lipinski definition) is 1. The Labute approximate surface area is 148 Å². The molecule has 1 atom stereocenters. The Bertz CT molecular complexity index is 684. The van der Waals surface area contributed by atoms with Crippen LogP contribution in [0.4, 0.5) is 5.82 Å². The van der Waals surface area contributed by atoms with Crippen LogP contribution < -0.4 is 5.32 Å². The first-order valence-electron chi connectivity index (χ1n) is 9.29. The van der Waals surface area contributed by atoms with Gasteiger partial charge in [0.25, 0.3) is 5.91 Å². The molecule has 6 heteroatoms. The average Bonchev–Trinajstić information content (AvgIpc) is 3.40. The van der Waals surface area contributed by atoms with Gasteiger partial charge in [0, 0.05) is 42.7 Å². The van der Waals surface area contributed by atoms with Crippen LogP contribution in [0.2, 0.25) is 0 Å². The molecule has 2 amide bonds. The lowest BCUT2D eigenvalue weighted by molar-refractivity contribution is -0.117. The van der Waals surface area contributed by atoms with E-state index in [0.29, 0.717) is 11.4 Å². The monoisotopic (exact) mass is 342 g/mol. The normalized spacial score (nSPS) is 26.8. The maximum Gasteiger partial charge on any atom is 0.254 e. The van der Waals surface area contributed by atoms with Crippen LogP contribution in [0.3, 0.4) is 0 Å². The maximum absolute atomic E-state index is 13.0. The topological polar surface area (TPSA) is 65.5 Å². The molecule has 1 N–H and O–H groups in total. The number of carbonyl (C=O) groups excluding carboxylic acids is 2. The summed E-state index contributed by atoms with van der Waals surface area (Å²) in [5.41, 5.74) is 0.878. The average molecular weight is 342 g/mol. The Morgan fingerprint density at radius 2 is 2.08 bits per heavy atom. The van der Waals surface area contributed by atoms with Crippen LogP contribution in [0.15, 0.2) is 18.3 Å². The van der Waals surface area contributed by atoms with Crippen molar-refractivity contribution in [3.63, 3.8) is 0 Å². The van der Waals surface area contributed by atoms with E-state index >= 15 is 0 Å². The van der Waals surface area contributed by atoms with Crippen LogP contribution in [0.1, 0.15) is 42.5 Å². The molecule has 0 radical (unpaired) electrons. The highest BCUT2D eigenvalue weighted by Crippen LogP contribution is 2.38. The molecule has 0 aromatic carbocycles. The summed E-state index contributed by atoms with van der Waals surface area (Å²) in [6.07, 6.45) is 6.96. The molecule has 2 aliphatic heterocycles. The molecule has 1 saturated carbocycles. The lowest BCUT2D eigenvalue weighted by Gasteiger charge is -2.40. The summed E-state index contributed by atoms with van der Waals surface area (Å²) in [4.78, 5) is 33.4. The van der Waals surface area contributed by atoms with Gasteiger partial charge in [0.2, 0.25) is 5.91 Å². The Balaban J connectivity index is 1.45. The van der Waals surface area contributed by atoms with E-state index in [-0.39, 0.29) is 23.1 Å². The van der Waals surface area contributed by atoms with Gasteiger partial charge in [-0.2, -0.15) is 0 Å². The Morgan fingerprint density at radius 3 is 2.80 bits per heavy atom. The highest BCUT2D eigenvalue weighted by molar-refractivity contribution is 5.97. The number of likely N-dealkylation sites (tertiary alicyclic amines) is 2. The van der Waals surface area contributed by atoms with E-state index in [1.165, 1.54) is 12.8 Å². The molecule has 3 heterocycles. The zero-order valence-corrected chi connectivity index (χ0v) is 14.8. The molecular weight excluding hydrogens is 316 g/mol. The smallest absolute Gasteiger partial charge is 0.254 e. The number of anilines is 1. The van der Waals surface area contributed by atoms with Gasteiger partial charge in [0.05, 0.1) is 0 Å². The lowest BCUT2D eigenvalue weighted by Crippen LogP contribution is -2.47. The van der Waals surface area contributed by atoms with Gasteiger partial charge in [-0.05, 0) is 57.8 Å². The van der Waals surface area contributed by atoms with Crippen LogP contribution in [0.25, 0.3) is 0 Å². The minimum atomic E-state index is 0.0167. The van der Waals surface area contributed by atoms with Crippen molar-refractivity contribution in [3.05, 3.63) is 23.9 Å². The molecule has 134 valence electrons. The predicted molar refractivity (Wildman–Crippen MR) is 95.3 cm³/mol. The van der Waals surface area contributed by atoms with Crippen molar-refractivity contribution in [1.29, 1.82) is 0 Å². The van der Waals surface area contributed by atoms with E-state index in [2.05, 4.69) is 22.2 Å². The molecule has 25 heavy (non-hydrogen) atoms. The van der Waals surface area contributed by atoms with Crippen LogP contribution in [-0.4, -0.2) is 59.8 Å². The zero-order chi connectivity index (χ0) is 17.4. The summed E-state index contributed by atoms with van der Waals surface area (Å²) in [6, 6.07) is 3.46. The Hall–Kier alpha value is -1.95. The Kier molecular flexibility index (Phi) is 4.23. The molecule has 1 spiro atoms. The summed E-state index contributed by atoms with van der Waals surface area (Å²) < 4.78 is 0. The summed E-state index contributed by atoms with van der Waals surface area (Å²) in [5.74, 6) is 0.679. The van der Waals surface area contributed by atoms with E-state index in [1.807, 2.05) is 4.90 Å². The fourth-order valence-electron chi connectivity index (χ4n) is 4.26. The molecule has 1 unspecified atom stereocenters. The number of hydrogen-bond acceptors (Lipinski definition) is 4. The molecule has 1 aromatic heterocycles. The number of rotatable bonds is 3. The fourth-order valence-corrected chi connectivity index (χ4v) is 4.26. The van der Waals surface area contributed by atoms with Crippen molar-refractivity contribution in [2.24, 2.45) is 11.3 Å². The first-order valence-corrected chi connectivity index (χ1v) is 9.29. The van der Waals surface area contributed by atoms with E-state index in [1.54, 1.807) is 18.3 Å².